The summed E-state index contributed by atoms with van der Waals surface area (Å²) in [6.07, 6.45) is -0.546. The predicted molar refractivity (Wildman–Crippen MR) is 116 cm³/mol. The molecule has 168 valence electrons. The van der Waals surface area contributed by atoms with Crippen LogP contribution in [0.5, 0.6) is 0 Å². The van der Waals surface area contributed by atoms with Gasteiger partial charge in [-0.05, 0) is 51.0 Å². The minimum absolute atomic E-state index is 0.0465. The van der Waals surface area contributed by atoms with Gasteiger partial charge in [0.05, 0.1) is 12.0 Å². The molecule has 31 heavy (non-hydrogen) atoms. The van der Waals surface area contributed by atoms with E-state index in [0.717, 1.165) is 11.1 Å². The molecule has 0 spiro atoms. The van der Waals surface area contributed by atoms with Crippen molar-refractivity contribution in [3.8, 4) is 0 Å². The van der Waals surface area contributed by atoms with Crippen molar-refractivity contribution >= 4 is 22.1 Å². The number of amides is 1. The summed E-state index contributed by atoms with van der Waals surface area (Å²) < 4.78 is 37.8. The molecule has 0 aliphatic carbocycles. The zero-order valence-electron chi connectivity index (χ0n) is 18.3. The van der Waals surface area contributed by atoms with E-state index in [4.69, 9.17) is 9.47 Å². The van der Waals surface area contributed by atoms with Gasteiger partial charge in [0.15, 0.2) is 0 Å². The Labute approximate surface area is 183 Å². The number of methoxy groups -OCH3 is 1. The van der Waals surface area contributed by atoms with Gasteiger partial charge in [0.1, 0.15) is 11.6 Å². The second-order valence-electron chi connectivity index (χ2n) is 7.99. The van der Waals surface area contributed by atoms with Crippen molar-refractivity contribution in [3.63, 3.8) is 0 Å². The molecule has 1 unspecified atom stereocenters. The van der Waals surface area contributed by atoms with Gasteiger partial charge in [-0.1, -0.05) is 42.0 Å². The number of carbonyl (C=O) groups excluding carboxylic acids is 2. The summed E-state index contributed by atoms with van der Waals surface area (Å²) in [6.45, 7) is 7.37. The van der Waals surface area contributed by atoms with Crippen molar-refractivity contribution in [1.29, 1.82) is 0 Å². The number of ether oxygens (including phenoxy) is 2. The Morgan fingerprint density at radius 3 is 2.10 bits per heavy atom. The van der Waals surface area contributed by atoms with Gasteiger partial charge in [0.25, 0.3) is 0 Å². The van der Waals surface area contributed by atoms with Gasteiger partial charge in [0, 0.05) is 6.54 Å². The Kier molecular flexibility index (Phi) is 7.80. The van der Waals surface area contributed by atoms with Crippen LogP contribution in [0.25, 0.3) is 0 Å². The van der Waals surface area contributed by atoms with E-state index in [9.17, 15) is 18.0 Å². The number of benzene rings is 2. The number of carbonyl (C=O) groups is 2. The van der Waals surface area contributed by atoms with Crippen molar-refractivity contribution in [3.05, 3.63) is 65.2 Å². The minimum atomic E-state index is -3.95. The summed E-state index contributed by atoms with van der Waals surface area (Å²) in [5.41, 5.74) is 1.47. The van der Waals surface area contributed by atoms with Crippen molar-refractivity contribution in [2.24, 2.45) is 0 Å². The first kappa shape index (κ1) is 24.4. The van der Waals surface area contributed by atoms with E-state index in [0.29, 0.717) is 5.56 Å². The Morgan fingerprint density at radius 2 is 1.58 bits per heavy atom. The third kappa shape index (κ3) is 7.37. The van der Waals surface area contributed by atoms with Gasteiger partial charge >= 0.3 is 12.1 Å². The summed E-state index contributed by atoms with van der Waals surface area (Å²) in [6, 6.07) is 11.6. The third-order valence-electron chi connectivity index (χ3n) is 4.19. The second kappa shape index (κ2) is 9.93. The molecule has 0 aliphatic rings. The lowest BCUT2D eigenvalue weighted by atomic mass is 10.1. The van der Waals surface area contributed by atoms with E-state index >= 15 is 0 Å². The molecule has 1 amide bonds. The lowest BCUT2D eigenvalue weighted by molar-refractivity contribution is -0.142. The fraction of sp³-hybridized carbons (Fsp3) is 0.364. The Bertz CT molecular complexity index is 1010. The summed E-state index contributed by atoms with van der Waals surface area (Å²) in [7, 11) is -2.76. The Hall–Kier alpha value is -2.91. The Balaban J connectivity index is 2.15. The maximum Gasteiger partial charge on any atom is 0.407 e. The molecule has 0 fully saturated rings. The normalized spacial score (nSPS) is 12.7. The van der Waals surface area contributed by atoms with E-state index in [-0.39, 0.29) is 11.4 Å². The van der Waals surface area contributed by atoms with Crippen LogP contribution in [-0.4, -0.2) is 33.2 Å². The highest BCUT2D eigenvalue weighted by atomic mass is 32.2. The van der Waals surface area contributed by atoms with Crippen LogP contribution in [0.2, 0.25) is 0 Å². The van der Waals surface area contributed by atoms with Gasteiger partial charge in [0.2, 0.25) is 10.0 Å². The van der Waals surface area contributed by atoms with Crippen molar-refractivity contribution < 1.29 is 27.5 Å². The summed E-state index contributed by atoms with van der Waals surface area (Å²) >= 11 is 0. The zero-order valence-corrected chi connectivity index (χ0v) is 19.1. The molecule has 0 aliphatic heterocycles. The molecule has 0 radical (unpaired) electrons. The molecule has 0 heterocycles. The van der Waals surface area contributed by atoms with Crippen LogP contribution in [0, 0.1) is 6.92 Å². The van der Waals surface area contributed by atoms with Gasteiger partial charge in [-0.3, -0.25) is 0 Å². The first-order valence-corrected chi connectivity index (χ1v) is 11.1. The van der Waals surface area contributed by atoms with E-state index in [1.165, 1.54) is 19.2 Å². The average Bonchev–Trinajstić information content (AvgIpc) is 2.69. The fourth-order valence-electron chi connectivity index (χ4n) is 2.63. The van der Waals surface area contributed by atoms with Gasteiger partial charge in [-0.15, -0.1) is 0 Å². The number of esters is 1. The highest BCUT2D eigenvalue weighted by molar-refractivity contribution is 7.89. The minimum Gasteiger partial charge on any atom is -0.468 e. The topological polar surface area (TPSA) is 111 Å². The maximum absolute atomic E-state index is 12.7. The first-order valence-electron chi connectivity index (χ1n) is 9.64. The summed E-state index contributed by atoms with van der Waals surface area (Å²) in [5, 5.41) is 2.64. The monoisotopic (exact) mass is 448 g/mol. The summed E-state index contributed by atoms with van der Waals surface area (Å²) in [4.78, 5) is 24.1. The molecular formula is C22H28N2O6S. The van der Waals surface area contributed by atoms with Crippen LogP contribution < -0.4 is 10.0 Å². The van der Waals surface area contributed by atoms with Crippen molar-refractivity contribution in [1.82, 2.24) is 10.0 Å². The molecule has 2 aromatic rings. The van der Waals surface area contributed by atoms with Crippen LogP contribution in [0.1, 0.15) is 43.5 Å². The predicted octanol–water partition coefficient (Wildman–Crippen LogP) is 3.21. The number of rotatable bonds is 7. The van der Waals surface area contributed by atoms with Gasteiger partial charge < -0.3 is 14.8 Å². The lowest BCUT2D eigenvalue weighted by Gasteiger charge is -2.20. The molecule has 1 atom stereocenters. The molecular weight excluding hydrogens is 420 g/mol. The van der Waals surface area contributed by atoms with Gasteiger partial charge in [-0.2, -0.15) is 4.72 Å². The van der Waals surface area contributed by atoms with Crippen LogP contribution >= 0.6 is 0 Å². The van der Waals surface area contributed by atoms with Crippen molar-refractivity contribution in [2.45, 2.75) is 50.8 Å². The largest absolute Gasteiger partial charge is 0.468 e. The van der Waals surface area contributed by atoms with Crippen LogP contribution in [0.4, 0.5) is 4.79 Å². The SMILES string of the molecule is COC(=O)C(NS(=O)(=O)c1ccc(C)cc1)c1ccc(CNC(=O)OC(C)(C)C)cc1. The molecule has 2 aromatic carbocycles. The quantitative estimate of drug-likeness (QED) is 0.629. The number of aryl methyl sites for hydroxylation is 1. The molecule has 8 nitrogen and oxygen atoms in total. The molecule has 0 aromatic heterocycles. The van der Waals surface area contributed by atoms with E-state index in [2.05, 4.69) is 10.0 Å². The average molecular weight is 449 g/mol. The molecule has 0 saturated carbocycles. The summed E-state index contributed by atoms with van der Waals surface area (Å²) in [5.74, 6) is -0.740. The van der Waals surface area contributed by atoms with Crippen LogP contribution in [-0.2, 0) is 30.8 Å². The van der Waals surface area contributed by atoms with E-state index in [1.807, 2.05) is 6.92 Å². The lowest BCUT2D eigenvalue weighted by Crippen LogP contribution is -2.34. The number of alkyl carbamates (subject to hydrolysis) is 1. The zero-order chi connectivity index (χ0) is 23.2. The number of nitrogens with one attached hydrogen (secondary N) is 2. The second-order valence-corrected chi connectivity index (χ2v) is 9.70. The van der Waals surface area contributed by atoms with E-state index in [1.54, 1.807) is 57.2 Å². The molecule has 0 saturated heterocycles. The molecule has 9 heteroatoms. The van der Waals surface area contributed by atoms with Gasteiger partial charge in [-0.25, -0.2) is 18.0 Å². The van der Waals surface area contributed by atoms with Crippen LogP contribution in [0.15, 0.2) is 53.4 Å². The smallest absolute Gasteiger partial charge is 0.407 e. The number of hydrogen-bond donors (Lipinski definition) is 2. The Morgan fingerprint density at radius 1 is 1.00 bits per heavy atom. The van der Waals surface area contributed by atoms with Crippen LogP contribution in [0.3, 0.4) is 0 Å². The fourth-order valence-corrected chi connectivity index (χ4v) is 3.80. The number of sulfonamides is 1. The molecule has 2 rings (SSSR count). The standard InChI is InChI=1S/C22H28N2O6S/c1-15-6-12-18(13-7-15)31(27,28)24-19(20(25)29-5)17-10-8-16(9-11-17)14-23-21(26)30-22(2,3)4/h6-13,19,24H,14H2,1-5H3,(H,23,26). The highest BCUT2D eigenvalue weighted by Gasteiger charge is 2.28. The number of hydrogen-bond acceptors (Lipinski definition) is 6. The molecule has 0 bridgehead atoms. The maximum atomic E-state index is 12.7. The van der Waals surface area contributed by atoms with Crippen molar-refractivity contribution in [2.75, 3.05) is 7.11 Å². The first-order chi connectivity index (χ1) is 14.4. The van der Waals surface area contributed by atoms with E-state index < -0.39 is 33.7 Å². The highest BCUT2D eigenvalue weighted by Crippen LogP contribution is 2.20. The molecule has 2 N–H and O–H groups in total. The third-order valence-corrected chi connectivity index (χ3v) is 5.63.